The molecule has 0 spiro atoms. The van der Waals surface area contributed by atoms with E-state index < -0.39 is 0 Å². The van der Waals surface area contributed by atoms with E-state index in [0.717, 1.165) is 9.53 Å². The fourth-order valence-electron chi connectivity index (χ4n) is 0.892. The van der Waals surface area contributed by atoms with Crippen LogP contribution >= 0.6 is 22.7 Å². The summed E-state index contributed by atoms with van der Waals surface area (Å²) in [5.41, 5.74) is 6.09. The Kier molecular flexibility index (Phi) is 2.26. The van der Waals surface area contributed by atoms with Crippen molar-refractivity contribution in [1.82, 2.24) is 4.98 Å². The minimum absolute atomic E-state index is 0.00672. The maximum atomic E-state index is 10.9. The molecule has 0 saturated carbocycles. The van der Waals surface area contributed by atoms with Gasteiger partial charge < -0.3 is 11.1 Å². The molecule has 6 heteroatoms. The van der Waals surface area contributed by atoms with E-state index in [4.69, 9.17) is 5.73 Å². The summed E-state index contributed by atoms with van der Waals surface area (Å²) in [5, 5.41) is 5.21. The summed E-state index contributed by atoms with van der Waals surface area (Å²) in [6.07, 6.45) is 0. The normalized spacial score (nSPS) is 10.5. The summed E-state index contributed by atoms with van der Waals surface area (Å²) in [6.45, 7) is -0.00672. The molecule has 2 aromatic rings. The minimum atomic E-state index is -0.207. The standard InChI is InChI=1S/C7H7N3OS2/c8-3-5(11)10-7-9-4-1-2-12-6(4)13-7/h1-2H,3,8H2,(H,9,10,11). The number of nitrogens with one attached hydrogen (secondary N) is 1. The number of nitrogens with two attached hydrogens (primary N) is 1. The molecule has 0 aliphatic rings. The first-order valence-corrected chi connectivity index (χ1v) is 5.33. The number of hydrogen-bond acceptors (Lipinski definition) is 5. The lowest BCUT2D eigenvalue weighted by molar-refractivity contribution is -0.114. The molecule has 0 bridgehead atoms. The molecule has 0 radical (unpaired) electrons. The van der Waals surface area contributed by atoms with Crippen LogP contribution < -0.4 is 11.1 Å². The molecule has 68 valence electrons. The van der Waals surface area contributed by atoms with Crippen LogP contribution in [0.25, 0.3) is 9.53 Å². The highest BCUT2D eigenvalue weighted by molar-refractivity contribution is 7.39. The lowest BCUT2D eigenvalue weighted by Crippen LogP contribution is -2.21. The van der Waals surface area contributed by atoms with Crippen LogP contribution in [0.3, 0.4) is 0 Å². The topological polar surface area (TPSA) is 68.0 Å². The summed E-state index contributed by atoms with van der Waals surface area (Å²) >= 11 is 3.08. The van der Waals surface area contributed by atoms with Gasteiger partial charge in [0.15, 0.2) is 5.13 Å². The summed E-state index contributed by atoms with van der Waals surface area (Å²) < 4.78 is 1.12. The Morgan fingerprint density at radius 1 is 1.69 bits per heavy atom. The van der Waals surface area contributed by atoms with Crippen molar-refractivity contribution in [2.24, 2.45) is 5.73 Å². The molecule has 0 aliphatic heterocycles. The number of carbonyl (C=O) groups is 1. The van der Waals surface area contributed by atoms with Crippen molar-refractivity contribution in [2.75, 3.05) is 11.9 Å². The van der Waals surface area contributed by atoms with Gasteiger partial charge in [-0.05, 0) is 11.4 Å². The number of thiophene rings is 1. The van der Waals surface area contributed by atoms with Gasteiger partial charge in [0.2, 0.25) is 5.91 Å². The highest BCUT2D eigenvalue weighted by Crippen LogP contribution is 2.29. The van der Waals surface area contributed by atoms with Gasteiger partial charge in [-0.25, -0.2) is 4.98 Å². The zero-order chi connectivity index (χ0) is 9.26. The second-order valence-corrected chi connectivity index (χ2v) is 4.54. The van der Waals surface area contributed by atoms with Crippen molar-refractivity contribution in [2.45, 2.75) is 0 Å². The monoisotopic (exact) mass is 213 g/mol. The van der Waals surface area contributed by atoms with Crippen LogP contribution in [0, 0.1) is 0 Å². The van der Waals surface area contributed by atoms with Gasteiger partial charge in [-0.15, -0.1) is 11.3 Å². The van der Waals surface area contributed by atoms with Gasteiger partial charge in [-0.3, -0.25) is 4.79 Å². The molecular weight excluding hydrogens is 206 g/mol. The van der Waals surface area contributed by atoms with Crippen LogP contribution in [0.1, 0.15) is 0 Å². The van der Waals surface area contributed by atoms with Crippen molar-refractivity contribution in [3.8, 4) is 0 Å². The van der Waals surface area contributed by atoms with E-state index in [1.807, 2.05) is 11.4 Å². The lowest BCUT2D eigenvalue weighted by Gasteiger charge is -1.95. The van der Waals surface area contributed by atoms with Gasteiger partial charge in [0.1, 0.15) is 4.01 Å². The molecular formula is C7H7N3OS2. The van der Waals surface area contributed by atoms with E-state index in [1.54, 1.807) is 11.3 Å². The molecule has 1 amide bonds. The first-order chi connectivity index (χ1) is 6.29. The molecule has 4 nitrogen and oxygen atoms in total. The predicted molar refractivity (Wildman–Crippen MR) is 55.2 cm³/mol. The summed E-state index contributed by atoms with van der Waals surface area (Å²) in [6, 6.07) is 1.93. The van der Waals surface area contributed by atoms with E-state index in [9.17, 15) is 4.79 Å². The summed E-state index contributed by atoms with van der Waals surface area (Å²) in [5.74, 6) is -0.207. The fraction of sp³-hybridized carbons (Fsp3) is 0.143. The van der Waals surface area contributed by atoms with Crippen molar-refractivity contribution in [3.05, 3.63) is 11.4 Å². The van der Waals surface area contributed by atoms with E-state index in [2.05, 4.69) is 10.3 Å². The molecule has 0 saturated heterocycles. The van der Waals surface area contributed by atoms with Crippen LogP contribution in [0.5, 0.6) is 0 Å². The Bertz CT molecular complexity index is 405. The summed E-state index contributed by atoms with van der Waals surface area (Å²) in [7, 11) is 0. The molecule has 0 unspecified atom stereocenters. The number of fused-ring (bicyclic) bond motifs is 1. The van der Waals surface area contributed by atoms with Crippen LogP contribution in [0.2, 0.25) is 0 Å². The molecule has 2 rings (SSSR count). The minimum Gasteiger partial charge on any atom is -0.322 e. The predicted octanol–water partition coefficient (Wildman–Crippen LogP) is 1.25. The molecule has 0 atom stereocenters. The number of amides is 1. The second kappa shape index (κ2) is 3.41. The van der Waals surface area contributed by atoms with Crippen LogP contribution in [-0.4, -0.2) is 17.4 Å². The van der Waals surface area contributed by atoms with Gasteiger partial charge in [0.25, 0.3) is 0 Å². The van der Waals surface area contributed by atoms with Gasteiger partial charge >= 0.3 is 0 Å². The second-order valence-electron chi connectivity index (χ2n) is 2.36. The van der Waals surface area contributed by atoms with Gasteiger partial charge in [0, 0.05) is 0 Å². The number of aromatic nitrogens is 1. The third-order valence-electron chi connectivity index (χ3n) is 1.45. The molecule has 0 fully saturated rings. The Hall–Kier alpha value is -0.980. The average Bonchev–Trinajstić information content (AvgIpc) is 2.63. The van der Waals surface area contributed by atoms with Crippen LogP contribution in [0.15, 0.2) is 11.4 Å². The average molecular weight is 213 g/mol. The maximum Gasteiger partial charge on any atom is 0.239 e. The Balaban J connectivity index is 2.25. The Morgan fingerprint density at radius 2 is 2.54 bits per heavy atom. The third-order valence-corrected chi connectivity index (χ3v) is 3.47. The first-order valence-electron chi connectivity index (χ1n) is 3.63. The van der Waals surface area contributed by atoms with Crippen LogP contribution in [-0.2, 0) is 4.79 Å². The zero-order valence-corrected chi connectivity index (χ0v) is 8.24. The molecule has 2 heterocycles. The highest BCUT2D eigenvalue weighted by atomic mass is 32.2. The first kappa shape index (κ1) is 8.61. The highest BCUT2D eigenvalue weighted by Gasteiger charge is 2.06. The number of carbonyl (C=O) groups excluding carboxylic acids is 1. The lowest BCUT2D eigenvalue weighted by atomic mass is 10.6. The maximum absolute atomic E-state index is 10.9. The van der Waals surface area contributed by atoms with Gasteiger partial charge in [-0.1, -0.05) is 11.3 Å². The van der Waals surface area contributed by atoms with Gasteiger partial charge in [-0.2, -0.15) is 0 Å². The number of anilines is 1. The number of rotatable bonds is 2. The SMILES string of the molecule is NCC(=O)Nc1nc2ccsc2s1. The van der Waals surface area contributed by atoms with Crippen molar-refractivity contribution >= 4 is 43.2 Å². The molecule has 2 aromatic heterocycles. The van der Waals surface area contributed by atoms with Crippen LogP contribution in [0.4, 0.5) is 5.13 Å². The van der Waals surface area contributed by atoms with E-state index in [0.29, 0.717) is 5.13 Å². The van der Waals surface area contributed by atoms with Crippen molar-refractivity contribution in [3.63, 3.8) is 0 Å². The zero-order valence-electron chi connectivity index (χ0n) is 6.61. The Morgan fingerprint density at radius 3 is 3.23 bits per heavy atom. The molecule has 13 heavy (non-hydrogen) atoms. The van der Waals surface area contributed by atoms with E-state index in [1.165, 1.54) is 11.3 Å². The smallest absolute Gasteiger partial charge is 0.239 e. The number of nitrogens with zero attached hydrogens (tertiary/aromatic N) is 1. The van der Waals surface area contributed by atoms with E-state index in [-0.39, 0.29) is 12.5 Å². The fourth-order valence-corrected chi connectivity index (χ4v) is 2.75. The largest absolute Gasteiger partial charge is 0.322 e. The van der Waals surface area contributed by atoms with E-state index >= 15 is 0 Å². The molecule has 0 aliphatic carbocycles. The number of hydrogen-bond donors (Lipinski definition) is 2. The number of thiazole rings is 1. The van der Waals surface area contributed by atoms with Crippen molar-refractivity contribution in [1.29, 1.82) is 0 Å². The Labute approximate surface area is 82.4 Å². The van der Waals surface area contributed by atoms with Gasteiger partial charge in [0.05, 0.1) is 12.1 Å². The molecule has 3 N–H and O–H groups in total. The molecule has 0 aromatic carbocycles. The summed E-state index contributed by atoms with van der Waals surface area (Å²) in [4.78, 5) is 15.1. The van der Waals surface area contributed by atoms with Crippen molar-refractivity contribution < 1.29 is 4.79 Å². The quantitative estimate of drug-likeness (QED) is 0.789. The third kappa shape index (κ3) is 1.69.